The minimum atomic E-state index is -0.929. The van der Waals surface area contributed by atoms with Crippen LogP contribution < -0.4 is 10.9 Å². The van der Waals surface area contributed by atoms with Crippen molar-refractivity contribution in [1.29, 1.82) is 0 Å². The van der Waals surface area contributed by atoms with Crippen molar-refractivity contribution >= 4 is 35.8 Å². The fraction of sp³-hybridized carbons (Fsp3) is 0.0909. The maximum absolute atomic E-state index is 11.5. The molecule has 0 bridgehead atoms. The van der Waals surface area contributed by atoms with Crippen molar-refractivity contribution < 1.29 is 9.59 Å². The van der Waals surface area contributed by atoms with Crippen LogP contribution in [0.25, 0.3) is 0 Å². The van der Waals surface area contributed by atoms with Gasteiger partial charge in [0.05, 0.1) is 6.21 Å². The van der Waals surface area contributed by atoms with Crippen LogP contribution in [0.1, 0.15) is 5.56 Å². The van der Waals surface area contributed by atoms with E-state index in [1.165, 1.54) is 12.4 Å². The fourth-order valence-corrected chi connectivity index (χ4v) is 1.53. The van der Waals surface area contributed by atoms with Gasteiger partial charge in [0, 0.05) is 11.2 Å². The normalized spacial score (nSPS) is 18.1. The Morgan fingerprint density at radius 3 is 3.06 bits per heavy atom. The summed E-state index contributed by atoms with van der Waals surface area (Å²) in [5.41, 5.74) is 5.17. The van der Waals surface area contributed by atoms with Gasteiger partial charge in [0.1, 0.15) is 0 Å². The molecule has 1 aromatic rings. The van der Waals surface area contributed by atoms with Gasteiger partial charge in [-0.15, -0.1) is 0 Å². The number of hydrogen-bond donors (Lipinski definition) is 2. The molecule has 0 aromatic heterocycles. The van der Waals surface area contributed by atoms with Crippen LogP contribution in [0.2, 0.25) is 5.02 Å². The number of benzene rings is 1. The van der Waals surface area contributed by atoms with Gasteiger partial charge < -0.3 is 0 Å². The SMILES string of the molecule is O=C1NN=C[C@H]1C(=O)N/N=C\c1cccc(Cl)c1. The number of amides is 2. The number of halogens is 1. The summed E-state index contributed by atoms with van der Waals surface area (Å²) in [5, 5.41) is 7.80. The molecular formula is C11H9ClN4O2. The molecule has 1 aliphatic rings. The smallest absolute Gasteiger partial charge is 0.258 e. The van der Waals surface area contributed by atoms with Gasteiger partial charge in [-0.25, -0.2) is 10.9 Å². The Morgan fingerprint density at radius 2 is 2.39 bits per heavy atom. The van der Waals surface area contributed by atoms with E-state index in [4.69, 9.17) is 11.6 Å². The minimum Gasteiger partial charge on any atom is -0.272 e. The monoisotopic (exact) mass is 264 g/mol. The van der Waals surface area contributed by atoms with E-state index >= 15 is 0 Å². The quantitative estimate of drug-likeness (QED) is 0.474. The maximum atomic E-state index is 11.5. The predicted octanol–water partition coefficient (Wildman–Crippen LogP) is 0.522. The van der Waals surface area contributed by atoms with Crippen molar-refractivity contribution in [3.63, 3.8) is 0 Å². The summed E-state index contributed by atoms with van der Waals surface area (Å²) >= 11 is 5.79. The van der Waals surface area contributed by atoms with Gasteiger partial charge in [0.15, 0.2) is 5.92 Å². The largest absolute Gasteiger partial charge is 0.272 e. The van der Waals surface area contributed by atoms with Crippen LogP contribution in [-0.2, 0) is 9.59 Å². The molecule has 92 valence electrons. The minimum absolute atomic E-state index is 0.467. The lowest BCUT2D eigenvalue weighted by atomic mass is 10.1. The van der Waals surface area contributed by atoms with Gasteiger partial charge >= 0.3 is 0 Å². The van der Waals surface area contributed by atoms with Crippen molar-refractivity contribution in [1.82, 2.24) is 10.9 Å². The highest BCUT2D eigenvalue weighted by atomic mass is 35.5. The summed E-state index contributed by atoms with van der Waals surface area (Å²) in [7, 11) is 0. The Labute approximate surface area is 108 Å². The van der Waals surface area contributed by atoms with Gasteiger partial charge in [-0.2, -0.15) is 10.2 Å². The third-order valence-electron chi connectivity index (χ3n) is 2.20. The highest BCUT2D eigenvalue weighted by Crippen LogP contribution is 2.08. The topological polar surface area (TPSA) is 82.9 Å². The van der Waals surface area contributed by atoms with E-state index in [0.717, 1.165) is 5.56 Å². The molecule has 2 N–H and O–H groups in total. The molecule has 0 spiro atoms. The molecule has 18 heavy (non-hydrogen) atoms. The molecule has 0 aliphatic carbocycles. The Balaban J connectivity index is 1.93. The Morgan fingerprint density at radius 1 is 1.56 bits per heavy atom. The van der Waals surface area contributed by atoms with E-state index in [9.17, 15) is 9.59 Å². The predicted molar refractivity (Wildman–Crippen MR) is 67.3 cm³/mol. The van der Waals surface area contributed by atoms with Gasteiger partial charge in [0.2, 0.25) is 0 Å². The molecule has 0 saturated carbocycles. The van der Waals surface area contributed by atoms with E-state index in [-0.39, 0.29) is 0 Å². The number of hydrazone groups is 2. The first-order chi connectivity index (χ1) is 8.66. The van der Waals surface area contributed by atoms with E-state index < -0.39 is 17.7 Å². The zero-order valence-corrected chi connectivity index (χ0v) is 9.89. The van der Waals surface area contributed by atoms with Crippen molar-refractivity contribution in [3.8, 4) is 0 Å². The number of rotatable bonds is 3. The van der Waals surface area contributed by atoms with Crippen LogP contribution in [0.5, 0.6) is 0 Å². The summed E-state index contributed by atoms with van der Waals surface area (Å²) < 4.78 is 0. The number of hydrogen-bond acceptors (Lipinski definition) is 4. The Bertz CT molecular complexity index is 542. The van der Waals surface area contributed by atoms with E-state index in [1.54, 1.807) is 24.3 Å². The first-order valence-corrected chi connectivity index (χ1v) is 5.46. The van der Waals surface area contributed by atoms with Crippen molar-refractivity contribution in [2.45, 2.75) is 0 Å². The fourth-order valence-electron chi connectivity index (χ4n) is 1.33. The highest BCUT2D eigenvalue weighted by Gasteiger charge is 2.28. The molecule has 2 amide bonds. The zero-order chi connectivity index (χ0) is 13.0. The second kappa shape index (κ2) is 5.42. The molecule has 0 saturated heterocycles. The zero-order valence-electron chi connectivity index (χ0n) is 9.13. The second-order valence-electron chi connectivity index (χ2n) is 3.52. The first-order valence-electron chi connectivity index (χ1n) is 5.08. The number of carbonyl (C=O) groups is 2. The third-order valence-corrected chi connectivity index (χ3v) is 2.44. The van der Waals surface area contributed by atoms with Crippen molar-refractivity contribution in [3.05, 3.63) is 34.9 Å². The van der Waals surface area contributed by atoms with Gasteiger partial charge in [-0.1, -0.05) is 23.7 Å². The van der Waals surface area contributed by atoms with Gasteiger partial charge in [-0.05, 0) is 17.7 Å². The third kappa shape index (κ3) is 2.92. The van der Waals surface area contributed by atoms with Gasteiger partial charge in [-0.3, -0.25) is 9.59 Å². The first kappa shape index (κ1) is 12.3. The number of carbonyl (C=O) groups excluding carboxylic acids is 2. The van der Waals surface area contributed by atoms with Crippen molar-refractivity contribution in [2.24, 2.45) is 16.1 Å². The van der Waals surface area contributed by atoms with Crippen LogP contribution in [0.3, 0.4) is 0 Å². The van der Waals surface area contributed by atoms with Crippen LogP contribution in [0, 0.1) is 5.92 Å². The average Bonchev–Trinajstić information content (AvgIpc) is 2.75. The van der Waals surface area contributed by atoms with Crippen LogP contribution >= 0.6 is 11.6 Å². The van der Waals surface area contributed by atoms with Crippen LogP contribution in [0.4, 0.5) is 0 Å². The van der Waals surface area contributed by atoms with E-state index in [0.29, 0.717) is 5.02 Å². The Hall–Kier alpha value is -2.21. The van der Waals surface area contributed by atoms with Gasteiger partial charge in [0.25, 0.3) is 11.8 Å². The molecule has 2 rings (SSSR count). The lowest BCUT2D eigenvalue weighted by Crippen LogP contribution is -2.34. The molecule has 1 heterocycles. The molecule has 1 aliphatic heterocycles. The molecule has 0 unspecified atom stereocenters. The summed E-state index contributed by atoms with van der Waals surface area (Å²) in [6.45, 7) is 0. The lowest BCUT2D eigenvalue weighted by Gasteiger charge is -2.01. The van der Waals surface area contributed by atoms with Crippen molar-refractivity contribution in [2.75, 3.05) is 0 Å². The number of nitrogens with one attached hydrogen (secondary N) is 2. The summed E-state index contributed by atoms with van der Waals surface area (Å²) in [6.07, 6.45) is 2.67. The molecule has 7 heteroatoms. The number of nitrogens with zero attached hydrogens (tertiary/aromatic N) is 2. The lowest BCUT2D eigenvalue weighted by molar-refractivity contribution is -0.131. The molecule has 6 nitrogen and oxygen atoms in total. The average molecular weight is 265 g/mol. The molecular weight excluding hydrogens is 256 g/mol. The van der Waals surface area contributed by atoms with Crippen LogP contribution in [0.15, 0.2) is 34.5 Å². The molecule has 0 radical (unpaired) electrons. The molecule has 1 atom stereocenters. The van der Waals surface area contributed by atoms with Crippen LogP contribution in [-0.4, -0.2) is 24.2 Å². The van der Waals surface area contributed by atoms with E-state index in [1.807, 2.05) is 0 Å². The Kier molecular flexibility index (Phi) is 3.69. The summed E-state index contributed by atoms with van der Waals surface area (Å²) in [6, 6.07) is 6.98. The van der Waals surface area contributed by atoms with E-state index in [2.05, 4.69) is 21.1 Å². The summed E-state index contributed by atoms with van der Waals surface area (Å²) in [4.78, 5) is 22.6. The second-order valence-corrected chi connectivity index (χ2v) is 3.96. The standard InChI is InChI=1S/C11H9ClN4O2/c12-8-3-1-2-7(4-8)5-13-15-10(17)9-6-14-16-11(9)18/h1-6,9H,(H,15,17)(H,16,18)/b13-5-/t9-/m0/s1. The molecule has 0 fully saturated rings. The molecule has 1 aromatic carbocycles. The highest BCUT2D eigenvalue weighted by molar-refractivity contribution is 6.30. The summed E-state index contributed by atoms with van der Waals surface area (Å²) in [5.74, 6) is -1.93. The maximum Gasteiger partial charge on any atom is 0.258 e.